The lowest BCUT2D eigenvalue weighted by Crippen LogP contribution is -2.53. The van der Waals surface area contributed by atoms with Gasteiger partial charge in [0, 0.05) is 14.9 Å². The molecular formula is C16H27BrN2S. The van der Waals surface area contributed by atoms with Crippen molar-refractivity contribution in [1.29, 1.82) is 0 Å². The Balaban J connectivity index is 2.30. The minimum absolute atomic E-state index is 0.207. The van der Waals surface area contributed by atoms with Gasteiger partial charge in [-0.3, -0.25) is 4.90 Å². The highest BCUT2D eigenvalue weighted by molar-refractivity contribution is 9.10. The van der Waals surface area contributed by atoms with Crippen LogP contribution in [-0.2, 0) is 0 Å². The van der Waals surface area contributed by atoms with E-state index in [1.54, 1.807) is 0 Å². The summed E-state index contributed by atoms with van der Waals surface area (Å²) >= 11 is 5.61. The minimum Gasteiger partial charge on any atom is -0.308 e. The van der Waals surface area contributed by atoms with E-state index in [2.05, 4.69) is 58.4 Å². The van der Waals surface area contributed by atoms with E-state index in [0.29, 0.717) is 6.04 Å². The first-order valence-corrected chi connectivity index (χ1v) is 9.52. The van der Waals surface area contributed by atoms with Gasteiger partial charge in [-0.05, 0) is 79.6 Å². The van der Waals surface area contributed by atoms with Crippen molar-refractivity contribution in [3.8, 4) is 0 Å². The molecule has 0 aliphatic carbocycles. The van der Waals surface area contributed by atoms with E-state index in [4.69, 9.17) is 0 Å². The van der Waals surface area contributed by atoms with Gasteiger partial charge in [0.05, 0.1) is 6.04 Å². The van der Waals surface area contributed by atoms with E-state index in [1.165, 1.54) is 48.1 Å². The molecule has 1 saturated heterocycles. The Morgan fingerprint density at radius 2 is 2.10 bits per heavy atom. The van der Waals surface area contributed by atoms with Crippen molar-refractivity contribution >= 4 is 27.3 Å². The smallest absolute Gasteiger partial charge is 0.0610 e. The Bertz CT molecular complexity index is 414. The normalized spacial score (nSPS) is 21.0. The summed E-state index contributed by atoms with van der Waals surface area (Å²) < 4.78 is 1.26. The second-order valence-corrected chi connectivity index (χ2v) is 7.73. The molecule has 1 aliphatic rings. The van der Waals surface area contributed by atoms with Gasteiger partial charge in [0.25, 0.3) is 0 Å². The van der Waals surface area contributed by atoms with Crippen LogP contribution in [0.5, 0.6) is 0 Å². The molecular weight excluding hydrogens is 332 g/mol. The highest BCUT2D eigenvalue weighted by atomic mass is 79.9. The average molecular weight is 359 g/mol. The van der Waals surface area contributed by atoms with E-state index >= 15 is 0 Å². The molecule has 0 saturated carbocycles. The molecule has 2 rings (SSSR count). The topological polar surface area (TPSA) is 15.3 Å². The van der Waals surface area contributed by atoms with Crippen molar-refractivity contribution in [3.63, 3.8) is 0 Å². The number of hydrogen-bond donors (Lipinski definition) is 1. The maximum Gasteiger partial charge on any atom is 0.0610 e. The zero-order valence-corrected chi connectivity index (χ0v) is 15.3. The Hall–Kier alpha value is 0.1000. The Morgan fingerprint density at radius 3 is 2.60 bits per heavy atom. The number of nitrogens with zero attached hydrogens (tertiary/aromatic N) is 1. The molecule has 0 radical (unpaired) electrons. The van der Waals surface area contributed by atoms with Crippen molar-refractivity contribution in [1.82, 2.24) is 10.2 Å². The number of hydrogen-bond acceptors (Lipinski definition) is 3. The van der Waals surface area contributed by atoms with E-state index in [-0.39, 0.29) is 5.54 Å². The molecule has 2 unspecified atom stereocenters. The summed E-state index contributed by atoms with van der Waals surface area (Å²) in [7, 11) is 0. The lowest BCUT2D eigenvalue weighted by atomic mass is 9.86. The lowest BCUT2D eigenvalue weighted by molar-refractivity contribution is 0.0851. The molecule has 2 nitrogen and oxygen atoms in total. The van der Waals surface area contributed by atoms with Gasteiger partial charge < -0.3 is 5.32 Å². The third-order valence-electron chi connectivity index (χ3n) is 4.67. The third kappa shape index (κ3) is 3.29. The summed E-state index contributed by atoms with van der Waals surface area (Å²) in [6, 6.07) is 2.60. The van der Waals surface area contributed by atoms with Crippen LogP contribution in [0.15, 0.2) is 15.9 Å². The van der Waals surface area contributed by atoms with Crippen molar-refractivity contribution in [3.05, 3.63) is 20.8 Å². The van der Waals surface area contributed by atoms with Gasteiger partial charge in [0.2, 0.25) is 0 Å². The molecule has 0 aromatic carbocycles. The van der Waals surface area contributed by atoms with E-state index in [1.807, 2.05) is 11.3 Å². The van der Waals surface area contributed by atoms with Gasteiger partial charge in [0.1, 0.15) is 0 Å². The fraction of sp³-hybridized carbons (Fsp3) is 0.750. The zero-order chi connectivity index (χ0) is 14.6. The van der Waals surface area contributed by atoms with E-state index < -0.39 is 0 Å². The van der Waals surface area contributed by atoms with Crippen LogP contribution in [0.1, 0.15) is 57.4 Å². The van der Waals surface area contributed by atoms with Gasteiger partial charge in [-0.1, -0.05) is 13.8 Å². The van der Waals surface area contributed by atoms with Crippen LogP contribution in [0.3, 0.4) is 0 Å². The van der Waals surface area contributed by atoms with Gasteiger partial charge >= 0.3 is 0 Å². The molecule has 0 amide bonds. The van der Waals surface area contributed by atoms with Gasteiger partial charge in [-0.25, -0.2) is 0 Å². The SMILES string of the molecule is CCCNC(c1sccc1Br)C(C)(CC)N1CCCC1. The second-order valence-electron chi connectivity index (χ2n) is 5.92. The standard InChI is InChI=1S/C16H27BrN2S/c1-4-9-18-15(14-13(17)8-12-20-14)16(3,5-2)19-10-6-7-11-19/h8,12,15,18H,4-7,9-11H2,1-3H3. The Morgan fingerprint density at radius 1 is 1.40 bits per heavy atom. The second kappa shape index (κ2) is 7.39. The highest BCUT2D eigenvalue weighted by Gasteiger charge is 2.41. The third-order valence-corrected chi connectivity index (χ3v) is 6.61. The molecule has 1 aromatic heterocycles. The predicted molar refractivity (Wildman–Crippen MR) is 92.6 cm³/mol. The van der Waals surface area contributed by atoms with Crippen LogP contribution in [0.25, 0.3) is 0 Å². The molecule has 2 atom stereocenters. The number of nitrogens with one attached hydrogen (secondary N) is 1. The summed E-state index contributed by atoms with van der Waals surface area (Å²) in [5.74, 6) is 0. The van der Waals surface area contributed by atoms with Crippen LogP contribution in [-0.4, -0.2) is 30.1 Å². The highest BCUT2D eigenvalue weighted by Crippen LogP contribution is 2.41. The summed E-state index contributed by atoms with van der Waals surface area (Å²) in [6.45, 7) is 10.6. The number of likely N-dealkylation sites (tertiary alicyclic amines) is 1. The van der Waals surface area contributed by atoms with Gasteiger partial charge in [-0.15, -0.1) is 11.3 Å². The Kier molecular flexibility index (Phi) is 6.09. The molecule has 4 heteroatoms. The lowest BCUT2D eigenvalue weighted by Gasteiger charge is -2.45. The predicted octanol–water partition coefficient (Wildman–Crippen LogP) is 4.82. The maximum atomic E-state index is 3.82. The minimum atomic E-state index is 0.207. The molecule has 0 bridgehead atoms. The molecule has 0 spiro atoms. The van der Waals surface area contributed by atoms with Crippen LogP contribution >= 0.6 is 27.3 Å². The molecule has 1 fully saturated rings. The van der Waals surface area contributed by atoms with E-state index in [0.717, 1.165) is 6.54 Å². The molecule has 114 valence electrons. The van der Waals surface area contributed by atoms with Crippen LogP contribution < -0.4 is 5.32 Å². The summed E-state index contributed by atoms with van der Waals surface area (Å²) in [4.78, 5) is 4.15. The molecule has 1 N–H and O–H groups in total. The number of halogens is 1. The summed E-state index contributed by atoms with van der Waals surface area (Å²) in [5.41, 5.74) is 0.207. The fourth-order valence-corrected chi connectivity index (χ4v) is 5.05. The number of thiophene rings is 1. The fourth-order valence-electron chi connectivity index (χ4n) is 3.23. The van der Waals surface area contributed by atoms with Crippen molar-refractivity contribution in [2.45, 2.75) is 58.0 Å². The summed E-state index contributed by atoms with van der Waals surface area (Å²) in [6.07, 6.45) is 5.06. The van der Waals surface area contributed by atoms with Crippen molar-refractivity contribution < 1.29 is 0 Å². The first kappa shape index (κ1) is 16.5. The largest absolute Gasteiger partial charge is 0.308 e. The monoisotopic (exact) mass is 358 g/mol. The Labute approximate surface area is 136 Å². The molecule has 1 aromatic rings. The first-order chi connectivity index (χ1) is 9.63. The first-order valence-electron chi connectivity index (χ1n) is 7.84. The van der Waals surface area contributed by atoms with Gasteiger partial charge in [0.15, 0.2) is 0 Å². The maximum absolute atomic E-state index is 3.82. The van der Waals surface area contributed by atoms with Crippen molar-refractivity contribution in [2.75, 3.05) is 19.6 Å². The average Bonchev–Trinajstić information content (AvgIpc) is 3.11. The van der Waals surface area contributed by atoms with E-state index in [9.17, 15) is 0 Å². The molecule has 2 heterocycles. The quantitative estimate of drug-likeness (QED) is 0.751. The van der Waals surface area contributed by atoms with Crippen LogP contribution in [0.4, 0.5) is 0 Å². The van der Waals surface area contributed by atoms with Crippen molar-refractivity contribution in [2.24, 2.45) is 0 Å². The molecule has 1 aliphatic heterocycles. The zero-order valence-electron chi connectivity index (χ0n) is 12.9. The molecule has 20 heavy (non-hydrogen) atoms. The summed E-state index contributed by atoms with van der Waals surface area (Å²) in [5, 5.41) is 6.01. The van der Waals surface area contributed by atoms with Crippen LogP contribution in [0.2, 0.25) is 0 Å². The van der Waals surface area contributed by atoms with Gasteiger partial charge in [-0.2, -0.15) is 0 Å². The number of rotatable bonds is 7. The van der Waals surface area contributed by atoms with Crippen LogP contribution in [0, 0.1) is 0 Å².